The smallest absolute Gasteiger partial charge is 0.142 e. The van der Waals surface area contributed by atoms with Gasteiger partial charge in [-0.2, -0.15) is 0 Å². The lowest BCUT2D eigenvalue weighted by Gasteiger charge is -2.15. The fourth-order valence-electron chi connectivity index (χ4n) is 2.00. The summed E-state index contributed by atoms with van der Waals surface area (Å²) < 4.78 is 19.6. The normalized spacial score (nSPS) is 11.6. The van der Waals surface area contributed by atoms with Crippen LogP contribution in [-0.4, -0.2) is 12.5 Å². The maximum Gasteiger partial charge on any atom is 0.142 e. The number of unbranched alkanes of at least 4 members (excludes halogenated alkanes) is 1. The maximum absolute atomic E-state index is 13.9. The summed E-state index contributed by atoms with van der Waals surface area (Å²) in [5, 5.41) is 0. The molecule has 1 unspecified atom stereocenters. The minimum absolute atomic E-state index is 0.337. The van der Waals surface area contributed by atoms with E-state index in [1.165, 1.54) is 18.9 Å². The molecular formula is C18H24ClFO. The van der Waals surface area contributed by atoms with Gasteiger partial charge in [-0.15, -0.1) is 11.6 Å². The van der Waals surface area contributed by atoms with Gasteiger partial charge < -0.3 is 4.74 Å². The average Bonchev–Trinajstić information content (AvgIpc) is 2.49. The Bertz CT molecular complexity index is 476. The van der Waals surface area contributed by atoms with Gasteiger partial charge in [-0.3, -0.25) is 0 Å². The predicted molar refractivity (Wildman–Crippen MR) is 87.4 cm³/mol. The molecule has 0 heterocycles. The molecule has 0 amide bonds. The number of rotatable bonds is 8. The Morgan fingerprint density at radius 2 is 2.14 bits per heavy atom. The van der Waals surface area contributed by atoms with Crippen LogP contribution in [0.25, 0.3) is 0 Å². The number of ether oxygens (including phenoxy) is 1. The van der Waals surface area contributed by atoms with Crippen molar-refractivity contribution in [1.29, 1.82) is 0 Å². The van der Waals surface area contributed by atoms with Crippen LogP contribution in [0.3, 0.4) is 0 Å². The standard InChI is InChI=1S/C18H24ClFO/c1-3-5-8-15(4-2)14-21-17-11-10-16(18(20)13-17)9-6-7-12-19/h10-11,13,15H,3-5,7-8,12,14H2,1-2H3. The van der Waals surface area contributed by atoms with E-state index in [4.69, 9.17) is 16.3 Å². The Hall–Kier alpha value is -1.20. The fourth-order valence-corrected chi connectivity index (χ4v) is 2.10. The summed E-state index contributed by atoms with van der Waals surface area (Å²) >= 11 is 5.54. The van der Waals surface area contributed by atoms with Crippen LogP contribution in [-0.2, 0) is 0 Å². The van der Waals surface area contributed by atoms with Crippen molar-refractivity contribution >= 4 is 11.6 Å². The first-order valence-electron chi connectivity index (χ1n) is 7.68. The van der Waals surface area contributed by atoms with Gasteiger partial charge in [-0.25, -0.2) is 4.39 Å². The molecule has 0 spiro atoms. The molecule has 0 fully saturated rings. The van der Waals surface area contributed by atoms with Crippen molar-refractivity contribution in [3.63, 3.8) is 0 Å². The van der Waals surface area contributed by atoms with Crippen LogP contribution >= 0.6 is 11.6 Å². The molecule has 0 bridgehead atoms. The zero-order chi connectivity index (χ0) is 15.5. The van der Waals surface area contributed by atoms with Gasteiger partial charge in [0.1, 0.15) is 11.6 Å². The first-order chi connectivity index (χ1) is 10.2. The second-order valence-electron chi connectivity index (χ2n) is 5.11. The molecule has 1 rings (SSSR count). The molecule has 0 aliphatic rings. The van der Waals surface area contributed by atoms with Gasteiger partial charge in [0, 0.05) is 18.4 Å². The van der Waals surface area contributed by atoms with Gasteiger partial charge in [-0.1, -0.05) is 45.0 Å². The number of alkyl halides is 1. The number of benzene rings is 1. The van der Waals surface area contributed by atoms with E-state index < -0.39 is 0 Å². The lowest BCUT2D eigenvalue weighted by Crippen LogP contribution is -2.11. The molecule has 0 radical (unpaired) electrons. The lowest BCUT2D eigenvalue weighted by atomic mass is 10.0. The summed E-state index contributed by atoms with van der Waals surface area (Å²) in [6, 6.07) is 4.86. The monoisotopic (exact) mass is 310 g/mol. The Balaban J connectivity index is 2.57. The first kappa shape index (κ1) is 17.9. The molecule has 1 aromatic carbocycles. The molecule has 0 aliphatic carbocycles. The minimum Gasteiger partial charge on any atom is -0.493 e. The number of hydrogen-bond donors (Lipinski definition) is 0. The number of halogens is 2. The van der Waals surface area contributed by atoms with Gasteiger partial charge in [-0.05, 0) is 24.5 Å². The molecule has 21 heavy (non-hydrogen) atoms. The van der Waals surface area contributed by atoms with Crippen molar-refractivity contribution in [3.05, 3.63) is 29.6 Å². The first-order valence-corrected chi connectivity index (χ1v) is 8.21. The van der Waals surface area contributed by atoms with E-state index in [-0.39, 0.29) is 5.82 Å². The van der Waals surface area contributed by atoms with Crippen LogP contribution in [0, 0.1) is 23.6 Å². The molecule has 116 valence electrons. The summed E-state index contributed by atoms with van der Waals surface area (Å²) in [4.78, 5) is 0. The van der Waals surface area contributed by atoms with E-state index in [0.717, 1.165) is 12.8 Å². The third kappa shape index (κ3) is 6.87. The zero-order valence-corrected chi connectivity index (χ0v) is 13.7. The van der Waals surface area contributed by atoms with Crippen molar-refractivity contribution in [3.8, 4) is 17.6 Å². The SMILES string of the molecule is CCCCC(CC)COc1ccc(C#CCCCl)c(F)c1. The van der Waals surface area contributed by atoms with Crippen LogP contribution < -0.4 is 4.74 Å². The Kier molecular flexibility index (Phi) is 8.94. The molecule has 0 aliphatic heterocycles. The van der Waals surface area contributed by atoms with Crippen molar-refractivity contribution in [2.45, 2.75) is 46.0 Å². The largest absolute Gasteiger partial charge is 0.493 e. The van der Waals surface area contributed by atoms with Crippen molar-refractivity contribution < 1.29 is 9.13 Å². The molecule has 0 aromatic heterocycles. The molecule has 0 saturated heterocycles. The molecule has 3 heteroatoms. The van der Waals surface area contributed by atoms with Crippen molar-refractivity contribution in [2.24, 2.45) is 5.92 Å². The Labute approximate surface area is 132 Å². The zero-order valence-electron chi connectivity index (χ0n) is 12.9. The molecule has 1 atom stereocenters. The van der Waals surface area contributed by atoms with Crippen LogP contribution in [0.1, 0.15) is 51.5 Å². The van der Waals surface area contributed by atoms with E-state index >= 15 is 0 Å². The average molecular weight is 311 g/mol. The van der Waals surface area contributed by atoms with E-state index in [1.807, 2.05) is 0 Å². The molecule has 0 N–H and O–H groups in total. The van der Waals surface area contributed by atoms with E-state index in [0.29, 0.717) is 36.1 Å². The highest BCUT2D eigenvalue weighted by atomic mass is 35.5. The summed E-state index contributed by atoms with van der Waals surface area (Å²) in [7, 11) is 0. The Morgan fingerprint density at radius 3 is 2.76 bits per heavy atom. The van der Waals surface area contributed by atoms with Crippen LogP contribution in [0.4, 0.5) is 4.39 Å². The van der Waals surface area contributed by atoms with Crippen LogP contribution in [0.2, 0.25) is 0 Å². The highest BCUT2D eigenvalue weighted by Crippen LogP contribution is 2.19. The Morgan fingerprint density at radius 1 is 1.33 bits per heavy atom. The van der Waals surface area contributed by atoms with Crippen LogP contribution in [0.15, 0.2) is 18.2 Å². The van der Waals surface area contributed by atoms with E-state index in [2.05, 4.69) is 25.7 Å². The van der Waals surface area contributed by atoms with E-state index in [9.17, 15) is 4.39 Å². The second kappa shape index (κ2) is 10.5. The third-order valence-corrected chi connectivity index (χ3v) is 3.60. The third-order valence-electron chi connectivity index (χ3n) is 3.41. The van der Waals surface area contributed by atoms with E-state index in [1.54, 1.807) is 12.1 Å². The molecule has 1 aromatic rings. The van der Waals surface area contributed by atoms with Gasteiger partial charge in [0.2, 0.25) is 0 Å². The maximum atomic E-state index is 13.9. The summed E-state index contributed by atoms with van der Waals surface area (Å²) in [5.41, 5.74) is 0.394. The second-order valence-corrected chi connectivity index (χ2v) is 5.49. The predicted octanol–water partition coefficient (Wildman–Crippen LogP) is 5.40. The summed E-state index contributed by atoms with van der Waals surface area (Å²) in [5.74, 6) is 6.85. The number of hydrogen-bond acceptors (Lipinski definition) is 1. The lowest BCUT2D eigenvalue weighted by molar-refractivity contribution is 0.232. The molecule has 1 nitrogen and oxygen atoms in total. The highest BCUT2D eigenvalue weighted by molar-refractivity contribution is 6.18. The van der Waals surface area contributed by atoms with Crippen molar-refractivity contribution in [1.82, 2.24) is 0 Å². The van der Waals surface area contributed by atoms with Crippen LogP contribution in [0.5, 0.6) is 5.75 Å². The minimum atomic E-state index is -0.337. The highest BCUT2D eigenvalue weighted by Gasteiger charge is 2.08. The topological polar surface area (TPSA) is 9.23 Å². The summed E-state index contributed by atoms with van der Waals surface area (Å²) in [6.45, 7) is 5.00. The fraction of sp³-hybridized carbons (Fsp3) is 0.556. The molecule has 0 saturated carbocycles. The van der Waals surface area contributed by atoms with Gasteiger partial charge >= 0.3 is 0 Å². The van der Waals surface area contributed by atoms with Gasteiger partial charge in [0.15, 0.2) is 0 Å². The van der Waals surface area contributed by atoms with Gasteiger partial charge in [0.25, 0.3) is 0 Å². The van der Waals surface area contributed by atoms with Crippen molar-refractivity contribution in [2.75, 3.05) is 12.5 Å². The quantitative estimate of drug-likeness (QED) is 0.461. The summed E-state index contributed by atoms with van der Waals surface area (Å²) in [6.07, 6.45) is 5.23. The van der Waals surface area contributed by atoms with Gasteiger partial charge in [0.05, 0.1) is 12.2 Å². The molecular weight excluding hydrogens is 287 g/mol.